The lowest BCUT2D eigenvalue weighted by Gasteiger charge is -2.13. The summed E-state index contributed by atoms with van der Waals surface area (Å²) < 4.78 is 40.2. The molecule has 0 spiro atoms. The molecule has 6 heteroatoms. The molecule has 3 nitrogen and oxygen atoms in total. The van der Waals surface area contributed by atoms with Gasteiger partial charge < -0.3 is 0 Å². The van der Waals surface area contributed by atoms with Gasteiger partial charge in [0.25, 0.3) is 5.92 Å². The molecule has 0 aliphatic rings. The zero-order valence-electron chi connectivity index (χ0n) is 10.5. The minimum Gasteiger partial charge on any atom is -0.276 e. The zero-order chi connectivity index (χ0) is 14.3. The Morgan fingerprint density at radius 3 is 2.65 bits per heavy atom. The van der Waals surface area contributed by atoms with Gasteiger partial charge >= 0.3 is 0 Å². The largest absolute Gasteiger partial charge is 0.276 e. The first kappa shape index (κ1) is 12.7. The average molecular weight is 277 g/mol. The van der Waals surface area contributed by atoms with Crippen LogP contribution in [0.3, 0.4) is 0 Å². The number of hydrogen-bond acceptors (Lipinski definition) is 2. The Morgan fingerprint density at radius 1 is 1.10 bits per heavy atom. The molecule has 1 aromatic carbocycles. The highest BCUT2D eigenvalue weighted by molar-refractivity contribution is 5.79. The number of H-pyrrole nitrogens is 1. The van der Waals surface area contributed by atoms with E-state index in [0.29, 0.717) is 29.1 Å². The van der Waals surface area contributed by atoms with Crippen molar-refractivity contribution in [2.45, 2.75) is 12.8 Å². The quantitative estimate of drug-likeness (QED) is 0.772. The summed E-state index contributed by atoms with van der Waals surface area (Å²) >= 11 is 0. The number of hydrogen-bond donors (Lipinski definition) is 1. The third kappa shape index (κ3) is 2.13. The first-order valence-corrected chi connectivity index (χ1v) is 5.92. The van der Waals surface area contributed by atoms with Gasteiger partial charge in [0, 0.05) is 18.7 Å². The normalized spacial score (nSPS) is 12.0. The van der Waals surface area contributed by atoms with Crippen LogP contribution in [0.25, 0.3) is 22.2 Å². The molecule has 2 heterocycles. The van der Waals surface area contributed by atoms with E-state index in [1.807, 2.05) is 0 Å². The van der Waals surface area contributed by atoms with Crippen LogP contribution in [0, 0.1) is 5.82 Å². The van der Waals surface area contributed by atoms with E-state index in [-0.39, 0.29) is 0 Å². The molecule has 0 saturated heterocycles. The summed E-state index contributed by atoms with van der Waals surface area (Å²) in [6.07, 6.45) is 3.11. The average Bonchev–Trinajstić information content (AvgIpc) is 2.85. The van der Waals surface area contributed by atoms with Gasteiger partial charge in [-0.25, -0.2) is 13.2 Å². The van der Waals surface area contributed by atoms with E-state index in [4.69, 9.17) is 0 Å². The maximum Gasteiger partial charge on any atom is 0.273 e. The fourth-order valence-corrected chi connectivity index (χ4v) is 2.03. The molecule has 0 atom stereocenters. The predicted molar refractivity (Wildman–Crippen MR) is 68.9 cm³/mol. The molecular formula is C14H10F3N3. The van der Waals surface area contributed by atoms with Crippen LogP contribution >= 0.6 is 0 Å². The minimum absolute atomic E-state index is 0.479. The van der Waals surface area contributed by atoms with Gasteiger partial charge in [0.2, 0.25) is 0 Å². The van der Waals surface area contributed by atoms with Gasteiger partial charge in [0.05, 0.1) is 17.3 Å². The van der Waals surface area contributed by atoms with Crippen LogP contribution < -0.4 is 0 Å². The monoisotopic (exact) mass is 277 g/mol. The fourth-order valence-electron chi connectivity index (χ4n) is 2.03. The number of nitrogens with one attached hydrogen (secondary N) is 1. The number of halogens is 3. The van der Waals surface area contributed by atoms with E-state index in [1.54, 1.807) is 18.5 Å². The topological polar surface area (TPSA) is 41.6 Å². The number of fused-ring (bicyclic) bond motifs is 1. The van der Waals surface area contributed by atoms with Crippen LogP contribution in [0.4, 0.5) is 13.2 Å². The number of aromatic nitrogens is 3. The van der Waals surface area contributed by atoms with Gasteiger partial charge in [-0.15, -0.1) is 0 Å². The first-order valence-electron chi connectivity index (χ1n) is 5.92. The molecular weight excluding hydrogens is 267 g/mol. The van der Waals surface area contributed by atoms with Crippen LogP contribution in [-0.2, 0) is 5.92 Å². The molecule has 0 aliphatic carbocycles. The van der Waals surface area contributed by atoms with Crippen LogP contribution in [0.1, 0.15) is 12.5 Å². The number of benzene rings is 1. The van der Waals surface area contributed by atoms with Crippen molar-refractivity contribution in [1.82, 2.24) is 15.2 Å². The third-order valence-corrected chi connectivity index (χ3v) is 3.06. The number of rotatable bonds is 2. The zero-order valence-corrected chi connectivity index (χ0v) is 10.5. The Balaban J connectivity index is 2.14. The maximum absolute atomic E-state index is 13.5. The lowest BCUT2D eigenvalue weighted by Crippen LogP contribution is -2.09. The number of pyridine rings is 1. The van der Waals surface area contributed by atoms with Crippen molar-refractivity contribution < 1.29 is 13.2 Å². The van der Waals surface area contributed by atoms with Crippen molar-refractivity contribution in [3.05, 3.63) is 48.0 Å². The Kier molecular flexibility index (Phi) is 2.74. The summed E-state index contributed by atoms with van der Waals surface area (Å²) in [7, 11) is 0. The second kappa shape index (κ2) is 4.33. The van der Waals surface area contributed by atoms with Crippen LogP contribution in [-0.4, -0.2) is 15.2 Å². The minimum atomic E-state index is -3.23. The Hall–Kier alpha value is -2.37. The second-order valence-corrected chi connectivity index (χ2v) is 4.61. The maximum atomic E-state index is 13.5. The van der Waals surface area contributed by atoms with Crippen molar-refractivity contribution in [3.63, 3.8) is 0 Å². The lowest BCUT2D eigenvalue weighted by atomic mass is 10.0. The van der Waals surface area contributed by atoms with Crippen LogP contribution in [0.15, 0.2) is 36.7 Å². The molecule has 0 saturated carbocycles. The number of alkyl halides is 2. The van der Waals surface area contributed by atoms with E-state index in [2.05, 4.69) is 15.2 Å². The van der Waals surface area contributed by atoms with E-state index in [1.165, 1.54) is 6.07 Å². The predicted octanol–water partition coefficient (Wildman–Crippen LogP) is 3.88. The molecule has 3 rings (SSSR count). The van der Waals surface area contributed by atoms with E-state index in [0.717, 1.165) is 12.1 Å². The number of aromatic amines is 1. The standard InChI is InChI=1S/C14H10F3N3/c1-14(16,17)10-4-8(2-3-11(10)15)9-5-12-13(18-6-9)7-19-20-12/h2-7H,1H3,(H,19,20). The van der Waals surface area contributed by atoms with Gasteiger partial charge in [-0.1, -0.05) is 6.07 Å². The second-order valence-electron chi connectivity index (χ2n) is 4.61. The molecule has 0 radical (unpaired) electrons. The smallest absolute Gasteiger partial charge is 0.273 e. The van der Waals surface area contributed by atoms with E-state index >= 15 is 0 Å². The Morgan fingerprint density at radius 2 is 1.90 bits per heavy atom. The van der Waals surface area contributed by atoms with E-state index < -0.39 is 17.3 Å². The first-order chi connectivity index (χ1) is 9.45. The molecule has 0 amide bonds. The molecule has 0 unspecified atom stereocenters. The third-order valence-electron chi connectivity index (χ3n) is 3.06. The lowest BCUT2D eigenvalue weighted by molar-refractivity contribution is 0.0138. The van der Waals surface area contributed by atoms with Gasteiger partial charge in [0.15, 0.2) is 0 Å². The SMILES string of the molecule is CC(F)(F)c1cc(-c2cnc3cn[nH]c3c2)ccc1F. The molecule has 102 valence electrons. The van der Waals surface area contributed by atoms with E-state index in [9.17, 15) is 13.2 Å². The summed E-state index contributed by atoms with van der Waals surface area (Å²) in [5.74, 6) is -4.15. The molecule has 0 bridgehead atoms. The van der Waals surface area contributed by atoms with Crippen molar-refractivity contribution in [2.24, 2.45) is 0 Å². The fraction of sp³-hybridized carbons (Fsp3) is 0.143. The van der Waals surface area contributed by atoms with Gasteiger partial charge in [-0.05, 0) is 23.8 Å². The summed E-state index contributed by atoms with van der Waals surface area (Å²) in [6, 6.07) is 5.37. The summed E-state index contributed by atoms with van der Waals surface area (Å²) in [4.78, 5) is 4.16. The van der Waals surface area contributed by atoms with Gasteiger partial charge in [-0.3, -0.25) is 10.1 Å². The molecule has 3 aromatic rings. The van der Waals surface area contributed by atoms with Crippen LogP contribution in [0.5, 0.6) is 0 Å². The molecule has 1 N–H and O–H groups in total. The highest BCUT2D eigenvalue weighted by atomic mass is 19.3. The summed E-state index contributed by atoms with van der Waals surface area (Å²) in [6.45, 7) is 0.672. The van der Waals surface area contributed by atoms with Gasteiger partial charge in [0.1, 0.15) is 11.3 Å². The van der Waals surface area contributed by atoms with Crippen molar-refractivity contribution >= 4 is 11.0 Å². The van der Waals surface area contributed by atoms with Crippen molar-refractivity contribution in [2.75, 3.05) is 0 Å². The van der Waals surface area contributed by atoms with Crippen LogP contribution in [0.2, 0.25) is 0 Å². The molecule has 0 aliphatic heterocycles. The van der Waals surface area contributed by atoms with Crippen molar-refractivity contribution in [3.8, 4) is 11.1 Å². The molecule has 20 heavy (non-hydrogen) atoms. The summed E-state index contributed by atoms with van der Waals surface area (Å²) in [5.41, 5.74) is 1.84. The highest BCUT2D eigenvalue weighted by Crippen LogP contribution is 2.32. The Bertz CT molecular complexity index is 775. The van der Waals surface area contributed by atoms with Gasteiger partial charge in [-0.2, -0.15) is 5.10 Å². The molecule has 0 fully saturated rings. The summed E-state index contributed by atoms with van der Waals surface area (Å²) in [5, 5.41) is 6.59. The number of nitrogens with zero attached hydrogens (tertiary/aromatic N) is 2. The highest BCUT2D eigenvalue weighted by Gasteiger charge is 2.28. The Labute approximate surface area is 112 Å². The molecule has 2 aromatic heterocycles. The van der Waals surface area contributed by atoms with Crippen molar-refractivity contribution in [1.29, 1.82) is 0 Å².